The second kappa shape index (κ2) is 7.30. The standard InChI is InChI=1S/C20H20NO7P/c22-19(23)18-9-12(29(25,26)27)10-21(18)20(24)28-11-17-15-7-3-1-5-13(15)14-6-2-4-8-16(14)17/h1-8,12,17-18H,9-11H2,(H,22,23)(H2,25,26,27). The zero-order valence-electron chi connectivity index (χ0n) is 15.3. The monoisotopic (exact) mass is 417 g/mol. The van der Waals surface area contributed by atoms with Crippen LogP contribution in [0.15, 0.2) is 48.5 Å². The molecule has 1 aliphatic carbocycles. The molecule has 2 unspecified atom stereocenters. The molecule has 152 valence electrons. The minimum atomic E-state index is -4.51. The Hall–Kier alpha value is -2.67. The molecular formula is C20H20NO7P. The molecular weight excluding hydrogens is 397 g/mol. The van der Waals surface area contributed by atoms with E-state index in [-0.39, 0.29) is 25.5 Å². The molecule has 1 fully saturated rings. The molecule has 1 saturated heterocycles. The summed E-state index contributed by atoms with van der Waals surface area (Å²) in [5.74, 6) is -1.50. The quantitative estimate of drug-likeness (QED) is 0.653. The predicted molar refractivity (Wildman–Crippen MR) is 104 cm³/mol. The summed E-state index contributed by atoms with van der Waals surface area (Å²) >= 11 is 0. The molecule has 0 spiro atoms. The van der Waals surface area contributed by atoms with Gasteiger partial charge in [0.05, 0.1) is 5.66 Å². The van der Waals surface area contributed by atoms with E-state index >= 15 is 0 Å². The van der Waals surface area contributed by atoms with E-state index in [1.807, 2.05) is 48.5 Å². The summed E-state index contributed by atoms with van der Waals surface area (Å²) < 4.78 is 17.0. The van der Waals surface area contributed by atoms with E-state index in [1.165, 1.54) is 0 Å². The Balaban J connectivity index is 1.53. The molecule has 4 rings (SSSR count). The third-order valence-corrected chi connectivity index (χ3v) is 6.94. The highest BCUT2D eigenvalue weighted by molar-refractivity contribution is 7.52. The Labute approximate surface area is 166 Å². The third kappa shape index (κ3) is 3.55. The highest BCUT2D eigenvalue weighted by Gasteiger charge is 2.47. The number of fused-ring (bicyclic) bond motifs is 3. The number of rotatable bonds is 4. The number of amides is 1. The number of carbonyl (C=O) groups is 2. The summed E-state index contributed by atoms with van der Waals surface area (Å²) in [6.45, 7) is -0.339. The van der Waals surface area contributed by atoms with Gasteiger partial charge in [0.15, 0.2) is 0 Å². The van der Waals surface area contributed by atoms with Gasteiger partial charge in [-0.1, -0.05) is 48.5 Å². The van der Waals surface area contributed by atoms with Crippen molar-refractivity contribution < 1.29 is 33.8 Å². The molecule has 0 aromatic heterocycles. The van der Waals surface area contributed by atoms with Crippen LogP contribution in [0, 0.1) is 0 Å². The first-order chi connectivity index (χ1) is 13.8. The Morgan fingerprint density at radius 2 is 1.59 bits per heavy atom. The number of ether oxygens (including phenoxy) is 1. The molecule has 1 amide bonds. The summed E-state index contributed by atoms with van der Waals surface area (Å²) in [5.41, 5.74) is 2.96. The van der Waals surface area contributed by atoms with Crippen LogP contribution in [0.3, 0.4) is 0 Å². The second-order valence-corrected chi connectivity index (χ2v) is 9.20. The summed E-state index contributed by atoms with van der Waals surface area (Å²) in [5, 5.41) is 9.35. The van der Waals surface area contributed by atoms with Gasteiger partial charge in [0, 0.05) is 12.5 Å². The van der Waals surface area contributed by atoms with E-state index in [1.54, 1.807) is 0 Å². The largest absolute Gasteiger partial charge is 0.480 e. The molecule has 0 saturated carbocycles. The van der Waals surface area contributed by atoms with Crippen LogP contribution in [0.5, 0.6) is 0 Å². The van der Waals surface area contributed by atoms with Crippen LogP contribution < -0.4 is 0 Å². The number of carboxylic acids is 1. The van der Waals surface area contributed by atoms with Crippen LogP contribution in [-0.2, 0) is 14.1 Å². The lowest BCUT2D eigenvalue weighted by molar-refractivity contribution is -0.141. The van der Waals surface area contributed by atoms with Gasteiger partial charge in [0.2, 0.25) is 0 Å². The fourth-order valence-corrected chi connectivity index (χ4v) is 5.03. The van der Waals surface area contributed by atoms with Gasteiger partial charge in [0.25, 0.3) is 0 Å². The van der Waals surface area contributed by atoms with Crippen LogP contribution in [0.1, 0.15) is 23.5 Å². The summed E-state index contributed by atoms with van der Waals surface area (Å²) in [6, 6.07) is 14.3. The van der Waals surface area contributed by atoms with Crippen molar-refractivity contribution in [1.82, 2.24) is 4.90 Å². The molecule has 0 bridgehead atoms. The Bertz CT molecular complexity index is 972. The zero-order valence-corrected chi connectivity index (χ0v) is 16.2. The summed E-state index contributed by atoms with van der Waals surface area (Å²) in [7, 11) is -4.51. The number of likely N-dealkylation sites (tertiary alicyclic amines) is 1. The van der Waals surface area contributed by atoms with Crippen molar-refractivity contribution in [1.29, 1.82) is 0 Å². The van der Waals surface area contributed by atoms with Crippen molar-refractivity contribution >= 4 is 19.7 Å². The van der Waals surface area contributed by atoms with Crippen LogP contribution >= 0.6 is 7.60 Å². The summed E-state index contributed by atoms with van der Waals surface area (Å²) in [4.78, 5) is 43.7. The molecule has 1 heterocycles. The lowest BCUT2D eigenvalue weighted by Gasteiger charge is -2.22. The lowest BCUT2D eigenvalue weighted by Crippen LogP contribution is -2.41. The minimum Gasteiger partial charge on any atom is -0.480 e. The first-order valence-electron chi connectivity index (χ1n) is 9.17. The zero-order chi connectivity index (χ0) is 20.8. The maximum absolute atomic E-state index is 12.6. The number of carbonyl (C=O) groups excluding carboxylic acids is 1. The van der Waals surface area contributed by atoms with Crippen molar-refractivity contribution in [3.8, 4) is 11.1 Å². The van der Waals surface area contributed by atoms with E-state index in [2.05, 4.69) is 0 Å². The molecule has 1 aliphatic heterocycles. The predicted octanol–water partition coefficient (Wildman–Crippen LogP) is 2.64. The number of aliphatic carboxylic acids is 1. The highest BCUT2D eigenvalue weighted by Crippen LogP contribution is 2.48. The van der Waals surface area contributed by atoms with Crippen molar-refractivity contribution in [2.45, 2.75) is 24.0 Å². The van der Waals surface area contributed by atoms with Crippen molar-refractivity contribution in [2.24, 2.45) is 0 Å². The van der Waals surface area contributed by atoms with Gasteiger partial charge in [-0.05, 0) is 28.7 Å². The molecule has 2 aliphatic rings. The van der Waals surface area contributed by atoms with E-state index in [4.69, 9.17) is 4.74 Å². The van der Waals surface area contributed by atoms with Crippen molar-refractivity contribution in [3.63, 3.8) is 0 Å². The molecule has 2 aromatic rings. The van der Waals surface area contributed by atoms with E-state index in [0.717, 1.165) is 27.2 Å². The Morgan fingerprint density at radius 1 is 1.03 bits per heavy atom. The molecule has 2 atom stereocenters. The molecule has 0 radical (unpaired) electrons. The molecule has 2 aromatic carbocycles. The van der Waals surface area contributed by atoms with E-state index < -0.39 is 31.4 Å². The Morgan fingerprint density at radius 3 is 2.10 bits per heavy atom. The SMILES string of the molecule is O=C(O)C1CC(P(=O)(O)O)CN1C(=O)OCC1c2ccccc2-c2ccccc21. The van der Waals surface area contributed by atoms with Gasteiger partial charge in [-0.2, -0.15) is 0 Å². The van der Waals surface area contributed by atoms with Crippen LogP contribution in [-0.4, -0.2) is 56.7 Å². The average Bonchev–Trinajstić information content (AvgIpc) is 3.27. The van der Waals surface area contributed by atoms with Crippen LogP contribution in [0.2, 0.25) is 0 Å². The summed E-state index contributed by atoms with van der Waals surface area (Å²) in [6.07, 6.45) is -1.18. The van der Waals surface area contributed by atoms with Crippen LogP contribution in [0.4, 0.5) is 4.79 Å². The molecule has 3 N–H and O–H groups in total. The van der Waals surface area contributed by atoms with Gasteiger partial charge in [0.1, 0.15) is 12.6 Å². The minimum absolute atomic E-state index is 0.0102. The normalized spacial score (nSPS) is 21.0. The van der Waals surface area contributed by atoms with Gasteiger partial charge >= 0.3 is 19.7 Å². The number of hydrogen-bond acceptors (Lipinski definition) is 4. The number of hydrogen-bond donors (Lipinski definition) is 3. The lowest BCUT2D eigenvalue weighted by atomic mass is 9.98. The first kappa shape index (κ1) is 19.6. The van der Waals surface area contributed by atoms with Crippen molar-refractivity contribution in [3.05, 3.63) is 59.7 Å². The smallest absolute Gasteiger partial charge is 0.410 e. The van der Waals surface area contributed by atoms with Gasteiger partial charge in [-0.15, -0.1) is 0 Å². The number of nitrogens with zero attached hydrogens (tertiary/aromatic N) is 1. The van der Waals surface area contributed by atoms with E-state index in [9.17, 15) is 29.0 Å². The molecule has 9 heteroatoms. The first-order valence-corrected chi connectivity index (χ1v) is 10.8. The fourth-order valence-electron chi connectivity index (χ4n) is 4.17. The van der Waals surface area contributed by atoms with Gasteiger partial charge in [-0.3, -0.25) is 9.46 Å². The van der Waals surface area contributed by atoms with Gasteiger partial charge < -0.3 is 19.6 Å². The van der Waals surface area contributed by atoms with E-state index in [0.29, 0.717) is 0 Å². The third-order valence-electron chi connectivity index (χ3n) is 5.61. The fraction of sp³-hybridized carbons (Fsp3) is 0.300. The van der Waals surface area contributed by atoms with Gasteiger partial charge in [-0.25, -0.2) is 9.59 Å². The second-order valence-electron chi connectivity index (χ2n) is 7.29. The maximum atomic E-state index is 12.6. The molecule has 29 heavy (non-hydrogen) atoms. The van der Waals surface area contributed by atoms with Crippen molar-refractivity contribution in [2.75, 3.05) is 13.2 Å². The van der Waals surface area contributed by atoms with Crippen LogP contribution in [0.25, 0.3) is 11.1 Å². The maximum Gasteiger partial charge on any atom is 0.410 e. The highest BCUT2D eigenvalue weighted by atomic mass is 31.2. The number of carboxylic acid groups (broad SMARTS) is 1. The molecule has 8 nitrogen and oxygen atoms in total. The topological polar surface area (TPSA) is 124 Å². The Kier molecular flexibility index (Phi) is 4.94. The average molecular weight is 417 g/mol. The number of benzene rings is 2.